The molecule has 1 heterocycles. The minimum Gasteiger partial charge on any atom is -0.493 e. The van der Waals surface area contributed by atoms with E-state index in [1.807, 2.05) is 6.20 Å². The van der Waals surface area contributed by atoms with Crippen molar-refractivity contribution in [3.63, 3.8) is 0 Å². The molecule has 112 valence electrons. The molecule has 1 aromatic heterocycles. The van der Waals surface area contributed by atoms with Gasteiger partial charge in [0.1, 0.15) is 0 Å². The van der Waals surface area contributed by atoms with Gasteiger partial charge in [-0.2, -0.15) is 0 Å². The van der Waals surface area contributed by atoms with Crippen LogP contribution in [0.1, 0.15) is 43.0 Å². The highest BCUT2D eigenvalue weighted by molar-refractivity contribution is 5.53. The van der Waals surface area contributed by atoms with E-state index in [9.17, 15) is 0 Å². The van der Waals surface area contributed by atoms with Crippen LogP contribution in [0.4, 0.5) is 0 Å². The van der Waals surface area contributed by atoms with Gasteiger partial charge in [-0.1, -0.05) is 13.8 Å². The van der Waals surface area contributed by atoms with Gasteiger partial charge in [-0.05, 0) is 47.4 Å². The number of H-pyrrole nitrogens is 1. The molecule has 0 bridgehead atoms. The standard InChI is InChI=1S/C17H22N2O2/c1-17(2)8-11(5-12-9-18-10-19-12)13-6-15(20-3)16(21-4)7-14(13)17/h6-7,9-11H,5,8H2,1-4H3,(H,18,19). The summed E-state index contributed by atoms with van der Waals surface area (Å²) in [6.07, 6.45) is 5.75. The Morgan fingerprint density at radius 3 is 2.57 bits per heavy atom. The summed E-state index contributed by atoms with van der Waals surface area (Å²) < 4.78 is 10.9. The van der Waals surface area contributed by atoms with Gasteiger partial charge in [-0.25, -0.2) is 4.98 Å². The number of nitrogens with one attached hydrogen (secondary N) is 1. The van der Waals surface area contributed by atoms with E-state index in [0.29, 0.717) is 5.92 Å². The second kappa shape index (κ2) is 5.10. The van der Waals surface area contributed by atoms with Gasteiger partial charge < -0.3 is 14.5 Å². The van der Waals surface area contributed by atoms with Gasteiger partial charge in [0.2, 0.25) is 0 Å². The summed E-state index contributed by atoms with van der Waals surface area (Å²) in [6.45, 7) is 4.59. The Morgan fingerprint density at radius 1 is 1.24 bits per heavy atom. The summed E-state index contributed by atoms with van der Waals surface area (Å²) in [7, 11) is 3.38. The molecule has 0 amide bonds. The van der Waals surface area contributed by atoms with Gasteiger partial charge in [0, 0.05) is 11.9 Å². The Bertz CT molecular complexity index is 632. The molecule has 4 heteroatoms. The third-order valence-corrected chi connectivity index (χ3v) is 4.50. The maximum Gasteiger partial charge on any atom is 0.161 e. The SMILES string of the molecule is COc1cc2c(cc1OC)C(C)(C)CC2Cc1cnc[nH]1. The molecule has 1 atom stereocenters. The number of methoxy groups -OCH3 is 2. The molecule has 0 saturated carbocycles. The fourth-order valence-electron chi connectivity index (χ4n) is 3.50. The molecular formula is C17H22N2O2. The van der Waals surface area contributed by atoms with E-state index in [1.165, 1.54) is 16.8 Å². The van der Waals surface area contributed by atoms with Crippen LogP contribution in [0.25, 0.3) is 0 Å². The Kier molecular flexibility index (Phi) is 3.40. The molecule has 0 fully saturated rings. The molecular weight excluding hydrogens is 264 g/mol. The second-order valence-electron chi connectivity index (χ2n) is 6.36. The molecule has 0 spiro atoms. The molecule has 4 nitrogen and oxygen atoms in total. The van der Waals surface area contributed by atoms with Crippen molar-refractivity contribution in [2.75, 3.05) is 14.2 Å². The lowest BCUT2D eigenvalue weighted by Gasteiger charge is -2.20. The normalized spacial score (nSPS) is 19.3. The minimum absolute atomic E-state index is 0.152. The van der Waals surface area contributed by atoms with Crippen LogP contribution >= 0.6 is 0 Å². The summed E-state index contributed by atoms with van der Waals surface area (Å²) >= 11 is 0. The summed E-state index contributed by atoms with van der Waals surface area (Å²) in [5, 5.41) is 0. The quantitative estimate of drug-likeness (QED) is 0.936. The Labute approximate surface area is 125 Å². The molecule has 0 radical (unpaired) electrons. The first-order valence-electron chi connectivity index (χ1n) is 7.29. The first-order chi connectivity index (χ1) is 10.0. The Hall–Kier alpha value is -1.97. The second-order valence-corrected chi connectivity index (χ2v) is 6.36. The average Bonchev–Trinajstić information content (AvgIpc) is 3.05. The number of ether oxygens (including phenoxy) is 2. The highest BCUT2D eigenvalue weighted by atomic mass is 16.5. The predicted octanol–water partition coefficient (Wildman–Crippen LogP) is 3.43. The number of hydrogen-bond donors (Lipinski definition) is 1. The van der Waals surface area contributed by atoms with Gasteiger partial charge in [-0.15, -0.1) is 0 Å². The zero-order valence-electron chi connectivity index (χ0n) is 13.1. The summed E-state index contributed by atoms with van der Waals surface area (Å²) in [6, 6.07) is 4.28. The zero-order valence-corrected chi connectivity index (χ0v) is 13.1. The highest BCUT2D eigenvalue weighted by Gasteiger charge is 2.38. The molecule has 1 aromatic carbocycles. The largest absolute Gasteiger partial charge is 0.493 e. The molecule has 2 aromatic rings. The van der Waals surface area contributed by atoms with Crippen LogP contribution in [0.15, 0.2) is 24.7 Å². The van der Waals surface area contributed by atoms with E-state index in [4.69, 9.17) is 9.47 Å². The van der Waals surface area contributed by atoms with Crippen molar-refractivity contribution in [3.05, 3.63) is 41.5 Å². The zero-order chi connectivity index (χ0) is 15.0. The van der Waals surface area contributed by atoms with Gasteiger partial charge in [0.15, 0.2) is 11.5 Å². The van der Waals surface area contributed by atoms with Gasteiger partial charge >= 0.3 is 0 Å². The van der Waals surface area contributed by atoms with E-state index in [1.54, 1.807) is 20.5 Å². The van der Waals surface area contributed by atoms with Crippen LogP contribution in [-0.4, -0.2) is 24.2 Å². The van der Waals surface area contributed by atoms with Crippen molar-refractivity contribution in [2.45, 2.75) is 38.0 Å². The van der Waals surface area contributed by atoms with Crippen molar-refractivity contribution in [3.8, 4) is 11.5 Å². The topological polar surface area (TPSA) is 47.1 Å². The highest BCUT2D eigenvalue weighted by Crippen LogP contribution is 2.50. The van der Waals surface area contributed by atoms with Crippen molar-refractivity contribution in [1.29, 1.82) is 0 Å². The number of hydrogen-bond acceptors (Lipinski definition) is 3. The Morgan fingerprint density at radius 2 is 1.95 bits per heavy atom. The first-order valence-corrected chi connectivity index (χ1v) is 7.29. The molecule has 0 aliphatic heterocycles. The Balaban J connectivity index is 2.02. The smallest absolute Gasteiger partial charge is 0.161 e. The molecule has 1 N–H and O–H groups in total. The molecule has 1 aliphatic rings. The lowest BCUT2D eigenvalue weighted by molar-refractivity contribution is 0.353. The third kappa shape index (κ3) is 2.39. The summed E-state index contributed by atoms with van der Waals surface area (Å²) in [4.78, 5) is 7.32. The molecule has 0 saturated heterocycles. The molecule has 1 unspecified atom stereocenters. The lowest BCUT2D eigenvalue weighted by atomic mass is 9.85. The van der Waals surface area contributed by atoms with E-state index in [2.05, 4.69) is 35.9 Å². The predicted molar refractivity (Wildman–Crippen MR) is 82.2 cm³/mol. The van der Waals surface area contributed by atoms with Crippen LogP contribution < -0.4 is 9.47 Å². The number of rotatable bonds is 4. The van der Waals surface area contributed by atoms with Crippen molar-refractivity contribution in [2.24, 2.45) is 0 Å². The maximum absolute atomic E-state index is 5.47. The van der Waals surface area contributed by atoms with E-state index in [0.717, 1.165) is 24.3 Å². The number of nitrogens with zero attached hydrogens (tertiary/aromatic N) is 1. The summed E-state index contributed by atoms with van der Waals surface area (Å²) in [5.74, 6) is 2.10. The van der Waals surface area contributed by atoms with Crippen LogP contribution in [0, 0.1) is 0 Å². The lowest BCUT2D eigenvalue weighted by Crippen LogP contribution is -2.13. The number of fused-ring (bicyclic) bond motifs is 1. The van der Waals surface area contributed by atoms with Crippen molar-refractivity contribution >= 4 is 0 Å². The molecule has 3 rings (SSSR count). The number of benzene rings is 1. The van der Waals surface area contributed by atoms with Crippen LogP contribution in [-0.2, 0) is 11.8 Å². The van der Waals surface area contributed by atoms with E-state index >= 15 is 0 Å². The van der Waals surface area contributed by atoms with Crippen LogP contribution in [0.5, 0.6) is 11.5 Å². The first kappa shape index (κ1) is 14.0. The van der Waals surface area contributed by atoms with Gasteiger partial charge in [0.05, 0.1) is 20.5 Å². The number of aromatic amines is 1. The van der Waals surface area contributed by atoms with E-state index in [-0.39, 0.29) is 5.41 Å². The fourth-order valence-corrected chi connectivity index (χ4v) is 3.50. The average molecular weight is 286 g/mol. The molecule has 21 heavy (non-hydrogen) atoms. The summed E-state index contributed by atoms with van der Waals surface area (Å²) in [5.41, 5.74) is 4.06. The van der Waals surface area contributed by atoms with Crippen molar-refractivity contribution in [1.82, 2.24) is 9.97 Å². The maximum atomic E-state index is 5.47. The van der Waals surface area contributed by atoms with Gasteiger partial charge in [-0.3, -0.25) is 0 Å². The van der Waals surface area contributed by atoms with Crippen molar-refractivity contribution < 1.29 is 9.47 Å². The monoisotopic (exact) mass is 286 g/mol. The number of imidazole rings is 1. The fraction of sp³-hybridized carbons (Fsp3) is 0.471. The van der Waals surface area contributed by atoms with Crippen LogP contribution in [0.2, 0.25) is 0 Å². The number of aromatic nitrogens is 2. The van der Waals surface area contributed by atoms with E-state index < -0.39 is 0 Å². The molecule has 1 aliphatic carbocycles. The minimum atomic E-state index is 0.152. The third-order valence-electron chi connectivity index (χ3n) is 4.50. The van der Waals surface area contributed by atoms with Gasteiger partial charge in [0.25, 0.3) is 0 Å². The van der Waals surface area contributed by atoms with Crippen LogP contribution in [0.3, 0.4) is 0 Å².